The second-order valence-corrected chi connectivity index (χ2v) is 5.54. The average molecular weight is 327 g/mol. The summed E-state index contributed by atoms with van der Waals surface area (Å²) in [5.74, 6) is 0.302. The van der Waals surface area contributed by atoms with E-state index < -0.39 is 0 Å². The highest BCUT2D eigenvalue weighted by Crippen LogP contribution is 2.31. The topological polar surface area (TPSA) is 51.2 Å². The molecular weight excluding hydrogens is 312 g/mol. The van der Waals surface area contributed by atoms with Gasteiger partial charge in [-0.1, -0.05) is 29.8 Å². The van der Waals surface area contributed by atoms with Crippen molar-refractivity contribution in [2.45, 2.75) is 6.92 Å². The highest BCUT2D eigenvalue weighted by atomic mass is 35.5. The maximum Gasteiger partial charge on any atom is 0.256 e. The van der Waals surface area contributed by atoms with Gasteiger partial charge < -0.3 is 10.1 Å². The molecule has 5 heteroatoms. The van der Waals surface area contributed by atoms with Crippen LogP contribution in [0.25, 0.3) is 10.9 Å². The van der Waals surface area contributed by atoms with Crippen molar-refractivity contribution in [3.05, 3.63) is 64.8 Å². The van der Waals surface area contributed by atoms with Gasteiger partial charge in [0.2, 0.25) is 0 Å². The molecule has 0 spiro atoms. The summed E-state index contributed by atoms with van der Waals surface area (Å²) in [7, 11) is 1.54. The Morgan fingerprint density at radius 2 is 2.00 bits per heavy atom. The second-order valence-electron chi connectivity index (χ2n) is 5.13. The lowest BCUT2D eigenvalue weighted by Crippen LogP contribution is -2.13. The number of rotatable bonds is 3. The number of aromatic nitrogens is 1. The number of carbonyl (C=O) groups excluding carboxylic acids is 1. The third kappa shape index (κ3) is 2.98. The summed E-state index contributed by atoms with van der Waals surface area (Å²) in [6.07, 6.45) is 1.63. The molecule has 0 saturated carbocycles. The van der Waals surface area contributed by atoms with Crippen LogP contribution < -0.4 is 10.1 Å². The van der Waals surface area contributed by atoms with Gasteiger partial charge in [0.25, 0.3) is 5.91 Å². The van der Waals surface area contributed by atoms with Gasteiger partial charge in [-0.25, -0.2) is 0 Å². The van der Waals surface area contributed by atoms with Crippen molar-refractivity contribution in [1.29, 1.82) is 0 Å². The van der Waals surface area contributed by atoms with Gasteiger partial charge in [0.15, 0.2) is 0 Å². The Kier molecular flexibility index (Phi) is 4.17. The van der Waals surface area contributed by atoms with Gasteiger partial charge in [-0.2, -0.15) is 0 Å². The molecule has 0 saturated heterocycles. The van der Waals surface area contributed by atoms with Crippen LogP contribution in [0.3, 0.4) is 0 Å². The van der Waals surface area contributed by atoms with E-state index >= 15 is 0 Å². The summed E-state index contributed by atoms with van der Waals surface area (Å²) in [5, 5.41) is 4.28. The minimum absolute atomic E-state index is 0.219. The van der Waals surface area contributed by atoms with Crippen molar-refractivity contribution < 1.29 is 9.53 Å². The number of ether oxygens (including phenoxy) is 1. The van der Waals surface area contributed by atoms with Gasteiger partial charge in [-0.05, 0) is 30.7 Å². The smallest absolute Gasteiger partial charge is 0.256 e. The fraction of sp³-hybridized carbons (Fsp3) is 0.111. The maximum atomic E-state index is 12.7. The zero-order chi connectivity index (χ0) is 16.4. The fourth-order valence-corrected chi connectivity index (χ4v) is 2.57. The first kappa shape index (κ1) is 15.3. The largest absolute Gasteiger partial charge is 0.495 e. The molecule has 1 heterocycles. The van der Waals surface area contributed by atoms with E-state index in [0.717, 1.165) is 16.5 Å². The molecule has 1 amide bonds. The number of aryl methyl sites for hydroxylation is 1. The molecule has 0 aliphatic rings. The number of nitrogens with one attached hydrogen (secondary N) is 1. The van der Waals surface area contributed by atoms with Crippen LogP contribution in [0.4, 0.5) is 5.69 Å². The highest BCUT2D eigenvalue weighted by molar-refractivity contribution is 6.31. The summed E-state index contributed by atoms with van der Waals surface area (Å²) in [4.78, 5) is 16.9. The normalized spacial score (nSPS) is 10.6. The van der Waals surface area contributed by atoms with Crippen LogP contribution in [0, 0.1) is 6.92 Å². The van der Waals surface area contributed by atoms with Crippen molar-refractivity contribution >= 4 is 34.1 Å². The molecule has 23 heavy (non-hydrogen) atoms. The lowest BCUT2D eigenvalue weighted by Gasteiger charge is -2.13. The summed E-state index contributed by atoms with van der Waals surface area (Å²) in [5.41, 5.74) is 2.78. The number of methoxy groups -OCH3 is 1. The number of hydrogen-bond acceptors (Lipinski definition) is 3. The van der Waals surface area contributed by atoms with E-state index in [1.54, 1.807) is 31.5 Å². The third-order valence-corrected chi connectivity index (χ3v) is 4.03. The van der Waals surface area contributed by atoms with E-state index in [1.807, 2.05) is 31.2 Å². The molecule has 0 unspecified atom stereocenters. The van der Waals surface area contributed by atoms with E-state index in [-0.39, 0.29) is 5.91 Å². The van der Waals surface area contributed by atoms with Gasteiger partial charge in [0.1, 0.15) is 5.75 Å². The Bertz CT molecular complexity index is 888. The predicted molar refractivity (Wildman–Crippen MR) is 92.4 cm³/mol. The molecule has 116 valence electrons. The number of fused-ring (bicyclic) bond motifs is 1. The second kappa shape index (κ2) is 6.26. The standard InChI is InChI=1S/C18H15ClN2O2/c1-11-9-16(17(23-2)10-14(11)19)21-18(22)13-7-8-20-15-6-4-3-5-12(13)15/h3-10H,1-2H3,(H,21,22). The maximum absolute atomic E-state index is 12.7. The number of nitrogens with zero attached hydrogens (tertiary/aromatic N) is 1. The molecule has 4 nitrogen and oxygen atoms in total. The van der Waals surface area contributed by atoms with Crippen LogP contribution in [0.2, 0.25) is 5.02 Å². The van der Waals surface area contributed by atoms with E-state index in [9.17, 15) is 4.79 Å². The number of para-hydroxylation sites is 1. The number of hydrogen-bond donors (Lipinski definition) is 1. The van der Waals surface area contributed by atoms with Gasteiger partial charge in [0, 0.05) is 22.7 Å². The molecule has 2 aromatic carbocycles. The molecule has 3 rings (SSSR count). The van der Waals surface area contributed by atoms with E-state index in [1.165, 1.54) is 0 Å². The quantitative estimate of drug-likeness (QED) is 0.773. The minimum atomic E-state index is -0.219. The number of pyridine rings is 1. The molecule has 1 aromatic heterocycles. The first-order valence-electron chi connectivity index (χ1n) is 7.09. The third-order valence-electron chi connectivity index (χ3n) is 3.62. The Morgan fingerprint density at radius 3 is 2.78 bits per heavy atom. The van der Waals surface area contributed by atoms with Gasteiger partial charge in [-0.15, -0.1) is 0 Å². The SMILES string of the molecule is COc1cc(Cl)c(C)cc1NC(=O)c1ccnc2ccccc12. The fourth-order valence-electron chi connectivity index (χ4n) is 2.41. The Morgan fingerprint density at radius 1 is 1.22 bits per heavy atom. The molecule has 3 aromatic rings. The van der Waals surface area contributed by atoms with Crippen LogP contribution in [0.15, 0.2) is 48.7 Å². The molecule has 0 fully saturated rings. The number of carbonyl (C=O) groups is 1. The first-order chi connectivity index (χ1) is 11.1. The molecule has 0 aliphatic carbocycles. The summed E-state index contributed by atoms with van der Waals surface area (Å²) >= 11 is 6.10. The van der Waals surface area contributed by atoms with Crippen LogP contribution in [0.1, 0.15) is 15.9 Å². The predicted octanol–water partition coefficient (Wildman–Crippen LogP) is 4.46. The van der Waals surface area contributed by atoms with Crippen LogP contribution in [0.5, 0.6) is 5.75 Å². The van der Waals surface area contributed by atoms with E-state index in [0.29, 0.717) is 22.0 Å². The molecule has 0 bridgehead atoms. The van der Waals surface area contributed by atoms with Crippen LogP contribution in [-0.4, -0.2) is 18.0 Å². The Hall–Kier alpha value is -2.59. The van der Waals surface area contributed by atoms with Crippen molar-refractivity contribution in [2.24, 2.45) is 0 Å². The van der Waals surface area contributed by atoms with Gasteiger partial charge in [0.05, 0.1) is 23.9 Å². The van der Waals surface area contributed by atoms with E-state index in [2.05, 4.69) is 10.3 Å². The first-order valence-corrected chi connectivity index (χ1v) is 7.47. The Balaban J connectivity index is 2.00. The molecular formula is C18H15ClN2O2. The molecule has 1 N–H and O–H groups in total. The summed E-state index contributed by atoms with van der Waals surface area (Å²) in [6.45, 7) is 1.87. The number of anilines is 1. The van der Waals surface area contributed by atoms with Gasteiger partial charge in [-0.3, -0.25) is 9.78 Å². The van der Waals surface area contributed by atoms with Gasteiger partial charge >= 0.3 is 0 Å². The lowest BCUT2D eigenvalue weighted by atomic mass is 10.1. The number of benzene rings is 2. The summed E-state index contributed by atoms with van der Waals surface area (Å²) < 4.78 is 5.29. The monoisotopic (exact) mass is 326 g/mol. The summed E-state index contributed by atoms with van der Waals surface area (Å²) in [6, 6.07) is 12.7. The van der Waals surface area contributed by atoms with Crippen molar-refractivity contribution in [1.82, 2.24) is 4.98 Å². The zero-order valence-corrected chi connectivity index (χ0v) is 13.5. The number of amides is 1. The molecule has 0 radical (unpaired) electrons. The van der Waals surface area contributed by atoms with Crippen molar-refractivity contribution in [2.75, 3.05) is 12.4 Å². The highest BCUT2D eigenvalue weighted by Gasteiger charge is 2.14. The van der Waals surface area contributed by atoms with Crippen molar-refractivity contribution in [3.8, 4) is 5.75 Å². The number of halogens is 1. The van der Waals surface area contributed by atoms with Crippen LogP contribution in [-0.2, 0) is 0 Å². The average Bonchev–Trinajstić information content (AvgIpc) is 2.57. The van der Waals surface area contributed by atoms with Crippen LogP contribution >= 0.6 is 11.6 Å². The van der Waals surface area contributed by atoms with Crippen molar-refractivity contribution in [3.63, 3.8) is 0 Å². The molecule has 0 atom stereocenters. The molecule has 0 aliphatic heterocycles. The zero-order valence-electron chi connectivity index (χ0n) is 12.8. The van der Waals surface area contributed by atoms with E-state index in [4.69, 9.17) is 16.3 Å². The Labute approximate surface area is 139 Å². The minimum Gasteiger partial charge on any atom is -0.495 e. The lowest BCUT2D eigenvalue weighted by molar-refractivity contribution is 0.102.